The zero-order chi connectivity index (χ0) is 14.5. The van der Waals surface area contributed by atoms with Gasteiger partial charge in [0.15, 0.2) is 0 Å². The molecule has 0 aliphatic heterocycles. The van der Waals surface area contributed by atoms with E-state index in [9.17, 15) is 0 Å². The van der Waals surface area contributed by atoms with Crippen LogP contribution in [0.5, 0.6) is 5.75 Å². The lowest BCUT2D eigenvalue weighted by Gasteiger charge is -2.23. The number of furan rings is 1. The Bertz CT molecular complexity index is 576. The Kier molecular flexibility index (Phi) is 4.61. The molecule has 1 aliphatic rings. The number of rotatable bonds is 6. The van der Waals surface area contributed by atoms with Crippen LogP contribution in [0.1, 0.15) is 49.1 Å². The SMILES string of the molecule is CCCOc1cccc(CNC2CCCc3occc32)c1. The minimum absolute atomic E-state index is 0.410. The molecule has 0 amide bonds. The van der Waals surface area contributed by atoms with E-state index in [2.05, 4.69) is 36.5 Å². The van der Waals surface area contributed by atoms with Crippen LogP contribution in [0.15, 0.2) is 41.0 Å². The van der Waals surface area contributed by atoms with Crippen LogP contribution in [-0.2, 0) is 13.0 Å². The highest BCUT2D eigenvalue weighted by molar-refractivity contribution is 5.29. The van der Waals surface area contributed by atoms with Crippen molar-refractivity contribution < 1.29 is 9.15 Å². The molecule has 21 heavy (non-hydrogen) atoms. The molecule has 1 heterocycles. The summed E-state index contributed by atoms with van der Waals surface area (Å²) in [6.07, 6.45) is 6.29. The Balaban J connectivity index is 1.61. The topological polar surface area (TPSA) is 34.4 Å². The molecule has 1 aromatic heterocycles. The summed E-state index contributed by atoms with van der Waals surface area (Å²) in [6, 6.07) is 10.9. The lowest BCUT2D eigenvalue weighted by atomic mass is 9.93. The van der Waals surface area contributed by atoms with Gasteiger partial charge >= 0.3 is 0 Å². The maximum atomic E-state index is 5.69. The van der Waals surface area contributed by atoms with Gasteiger partial charge in [0.05, 0.1) is 12.9 Å². The Hall–Kier alpha value is -1.74. The predicted molar refractivity (Wildman–Crippen MR) is 83.5 cm³/mol. The summed E-state index contributed by atoms with van der Waals surface area (Å²) in [7, 11) is 0. The van der Waals surface area contributed by atoms with Crippen LogP contribution in [-0.4, -0.2) is 6.61 Å². The average molecular weight is 285 g/mol. The van der Waals surface area contributed by atoms with Crippen molar-refractivity contribution >= 4 is 0 Å². The first-order chi connectivity index (χ1) is 10.4. The second-order valence-corrected chi connectivity index (χ2v) is 5.62. The van der Waals surface area contributed by atoms with Crippen molar-refractivity contribution in [1.82, 2.24) is 5.32 Å². The fourth-order valence-corrected chi connectivity index (χ4v) is 2.90. The maximum absolute atomic E-state index is 5.69. The van der Waals surface area contributed by atoms with E-state index in [0.717, 1.165) is 37.5 Å². The normalized spacial score (nSPS) is 17.5. The molecule has 2 aromatic rings. The minimum atomic E-state index is 0.410. The van der Waals surface area contributed by atoms with Crippen LogP contribution in [0.2, 0.25) is 0 Å². The van der Waals surface area contributed by atoms with Gasteiger partial charge in [-0.3, -0.25) is 0 Å². The van der Waals surface area contributed by atoms with Gasteiger partial charge in [0, 0.05) is 24.6 Å². The molecule has 3 heteroatoms. The third-order valence-electron chi connectivity index (χ3n) is 3.98. The van der Waals surface area contributed by atoms with E-state index < -0.39 is 0 Å². The molecule has 0 radical (unpaired) electrons. The van der Waals surface area contributed by atoms with E-state index in [4.69, 9.17) is 9.15 Å². The average Bonchev–Trinajstić information content (AvgIpc) is 3.00. The quantitative estimate of drug-likeness (QED) is 0.862. The highest BCUT2D eigenvalue weighted by atomic mass is 16.5. The Labute approximate surface area is 126 Å². The first kappa shape index (κ1) is 14.2. The van der Waals surface area contributed by atoms with Crippen LogP contribution in [0.3, 0.4) is 0 Å². The fourth-order valence-electron chi connectivity index (χ4n) is 2.90. The summed E-state index contributed by atoms with van der Waals surface area (Å²) in [5.74, 6) is 2.11. The molecule has 1 unspecified atom stereocenters. The second kappa shape index (κ2) is 6.81. The summed E-state index contributed by atoms with van der Waals surface area (Å²) in [6.45, 7) is 3.76. The number of nitrogens with one attached hydrogen (secondary N) is 1. The largest absolute Gasteiger partial charge is 0.494 e. The molecule has 0 saturated carbocycles. The van der Waals surface area contributed by atoms with E-state index in [1.807, 2.05) is 12.3 Å². The third kappa shape index (κ3) is 3.48. The van der Waals surface area contributed by atoms with Gasteiger partial charge in [-0.25, -0.2) is 0 Å². The molecule has 0 bridgehead atoms. The van der Waals surface area contributed by atoms with Crippen molar-refractivity contribution in [2.45, 2.75) is 45.2 Å². The van der Waals surface area contributed by atoms with E-state index in [1.165, 1.54) is 24.0 Å². The van der Waals surface area contributed by atoms with Crippen molar-refractivity contribution in [2.75, 3.05) is 6.61 Å². The van der Waals surface area contributed by atoms with Crippen molar-refractivity contribution in [3.63, 3.8) is 0 Å². The molecule has 1 atom stereocenters. The second-order valence-electron chi connectivity index (χ2n) is 5.62. The molecular formula is C18H23NO2. The van der Waals surface area contributed by atoms with Gasteiger partial charge in [0.2, 0.25) is 0 Å². The standard InChI is InChI=1S/C18H23NO2/c1-2-10-20-15-6-3-5-14(12-15)13-19-17-7-4-8-18-16(17)9-11-21-18/h3,5-6,9,11-12,17,19H,2,4,7-8,10,13H2,1H3. The molecule has 112 valence electrons. The lowest BCUT2D eigenvalue weighted by molar-refractivity contribution is 0.317. The summed E-state index contributed by atoms with van der Waals surface area (Å²) >= 11 is 0. The molecular weight excluding hydrogens is 262 g/mol. The minimum Gasteiger partial charge on any atom is -0.494 e. The third-order valence-corrected chi connectivity index (χ3v) is 3.98. The Morgan fingerprint density at radius 1 is 1.33 bits per heavy atom. The molecule has 1 aliphatic carbocycles. The highest BCUT2D eigenvalue weighted by Crippen LogP contribution is 2.30. The Morgan fingerprint density at radius 3 is 3.19 bits per heavy atom. The van der Waals surface area contributed by atoms with Gasteiger partial charge in [-0.1, -0.05) is 19.1 Å². The van der Waals surface area contributed by atoms with Crippen LogP contribution in [0.25, 0.3) is 0 Å². The van der Waals surface area contributed by atoms with Gasteiger partial charge in [-0.05, 0) is 43.0 Å². The molecule has 0 fully saturated rings. The zero-order valence-corrected chi connectivity index (χ0v) is 12.6. The summed E-state index contributed by atoms with van der Waals surface area (Å²) < 4.78 is 11.2. The number of benzene rings is 1. The number of hydrogen-bond donors (Lipinski definition) is 1. The monoisotopic (exact) mass is 285 g/mol. The van der Waals surface area contributed by atoms with E-state index in [1.54, 1.807) is 0 Å². The van der Waals surface area contributed by atoms with Crippen molar-refractivity contribution in [1.29, 1.82) is 0 Å². The summed E-state index contributed by atoms with van der Waals surface area (Å²) in [5.41, 5.74) is 2.60. The van der Waals surface area contributed by atoms with E-state index in [0.29, 0.717) is 6.04 Å². The zero-order valence-electron chi connectivity index (χ0n) is 12.6. The fraction of sp³-hybridized carbons (Fsp3) is 0.444. The molecule has 0 saturated heterocycles. The number of fused-ring (bicyclic) bond motifs is 1. The molecule has 1 N–H and O–H groups in total. The van der Waals surface area contributed by atoms with Crippen LogP contribution in [0.4, 0.5) is 0 Å². The van der Waals surface area contributed by atoms with Gasteiger partial charge in [-0.15, -0.1) is 0 Å². The van der Waals surface area contributed by atoms with Gasteiger partial charge < -0.3 is 14.5 Å². The molecule has 3 rings (SSSR count). The number of aryl methyl sites for hydroxylation is 1. The predicted octanol–water partition coefficient (Wildman–Crippen LogP) is 4.24. The highest BCUT2D eigenvalue weighted by Gasteiger charge is 2.21. The lowest BCUT2D eigenvalue weighted by Crippen LogP contribution is -2.24. The van der Waals surface area contributed by atoms with E-state index in [-0.39, 0.29) is 0 Å². The first-order valence-corrected chi connectivity index (χ1v) is 7.88. The summed E-state index contributed by atoms with van der Waals surface area (Å²) in [4.78, 5) is 0. The Morgan fingerprint density at radius 2 is 2.29 bits per heavy atom. The molecule has 0 spiro atoms. The molecule has 1 aromatic carbocycles. The van der Waals surface area contributed by atoms with Crippen molar-refractivity contribution in [2.24, 2.45) is 0 Å². The van der Waals surface area contributed by atoms with Gasteiger partial charge in [0.1, 0.15) is 11.5 Å². The molecule has 3 nitrogen and oxygen atoms in total. The van der Waals surface area contributed by atoms with Crippen molar-refractivity contribution in [3.05, 3.63) is 53.5 Å². The number of hydrogen-bond acceptors (Lipinski definition) is 3. The van der Waals surface area contributed by atoms with E-state index >= 15 is 0 Å². The van der Waals surface area contributed by atoms with Crippen LogP contribution in [0, 0.1) is 0 Å². The smallest absolute Gasteiger partial charge is 0.119 e. The first-order valence-electron chi connectivity index (χ1n) is 7.88. The van der Waals surface area contributed by atoms with Crippen LogP contribution >= 0.6 is 0 Å². The van der Waals surface area contributed by atoms with Crippen molar-refractivity contribution in [3.8, 4) is 5.75 Å². The summed E-state index contributed by atoms with van der Waals surface area (Å²) in [5, 5.41) is 3.65. The van der Waals surface area contributed by atoms with Gasteiger partial charge in [0.25, 0.3) is 0 Å². The van der Waals surface area contributed by atoms with Gasteiger partial charge in [-0.2, -0.15) is 0 Å². The van der Waals surface area contributed by atoms with Crippen LogP contribution < -0.4 is 10.1 Å². The maximum Gasteiger partial charge on any atom is 0.119 e. The number of ether oxygens (including phenoxy) is 1.